The summed E-state index contributed by atoms with van der Waals surface area (Å²) in [7, 11) is 0. The molecule has 0 saturated carbocycles. The van der Waals surface area contributed by atoms with Gasteiger partial charge in [-0.15, -0.1) is 0 Å². The summed E-state index contributed by atoms with van der Waals surface area (Å²) in [5.74, 6) is 0.956. The van der Waals surface area contributed by atoms with E-state index >= 15 is 0 Å². The molecular weight excluding hydrogens is 270 g/mol. The van der Waals surface area contributed by atoms with E-state index in [0.717, 1.165) is 47.4 Å². The van der Waals surface area contributed by atoms with E-state index in [0.29, 0.717) is 0 Å². The highest BCUT2D eigenvalue weighted by Crippen LogP contribution is 2.28. The molecule has 1 aliphatic rings. The SMILES string of the molecule is Brc1ccc2onc(N3CCNCC3)c2c1. The third-order valence-corrected chi connectivity index (χ3v) is 3.32. The predicted octanol–water partition coefficient (Wildman–Crippen LogP) is 2.00. The number of anilines is 1. The van der Waals surface area contributed by atoms with Crippen LogP contribution in [0, 0.1) is 0 Å². The zero-order valence-electron chi connectivity index (χ0n) is 8.74. The summed E-state index contributed by atoms with van der Waals surface area (Å²) in [6, 6.07) is 5.97. The lowest BCUT2D eigenvalue weighted by atomic mass is 10.2. The summed E-state index contributed by atoms with van der Waals surface area (Å²) in [5.41, 5.74) is 0.844. The summed E-state index contributed by atoms with van der Waals surface area (Å²) in [6.45, 7) is 3.97. The molecule has 3 rings (SSSR count). The molecule has 0 amide bonds. The van der Waals surface area contributed by atoms with Gasteiger partial charge < -0.3 is 14.7 Å². The highest BCUT2D eigenvalue weighted by atomic mass is 79.9. The minimum atomic E-state index is 0.844. The van der Waals surface area contributed by atoms with Gasteiger partial charge in [0.25, 0.3) is 0 Å². The van der Waals surface area contributed by atoms with Gasteiger partial charge in [-0.2, -0.15) is 0 Å². The molecule has 0 spiro atoms. The van der Waals surface area contributed by atoms with Crippen LogP contribution in [0.15, 0.2) is 27.2 Å². The molecule has 1 saturated heterocycles. The molecule has 84 valence electrons. The van der Waals surface area contributed by atoms with Gasteiger partial charge in [0.15, 0.2) is 11.4 Å². The van der Waals surface area contributed by atoms with Crippen molar-refractivity contribution in [1.82, 2.24) is 10.5 Å². The van der Waals surface area contributed by atoms with E-state index < -0.39 is 0 Å². The van der Waals surface area contributed by atoms with Crippen molar-refractivity contribution in [3.63, 3.8) is 0 Å². The maximum Gasteiger partial charge on any atom is 0.180 e. The molecule has 0 aliphatic carbocycles. The Morgan fingerprint density at radius 2 is 2.12 bits per heavy atom. The second kappa shape index (κ2) is 4.07. The summed E-state index contributed by atoms with van der Waals surface area (Å²) in [4.78, 5) is 2.26. The Bertz CT molecular complexity index is 505. The smallest absolute Gasteiger partial charge is 0.180 e. The second-order valence-corrected chi connectivity index (χ2v) is 4.80. The lowest BCUT2D eigenvalue weighted by Crippen LogP contribution is -2.43. The average molecular weight is 282 g/mol. The van der Waals surface area contributed by atoms with Crippen LogP contribution in [0.2, 0.25) is 0 Å². The van der Waals surface area contributed by atoms with E-state index in [1.54, 1.807) is 0 Å². The Kier molecular flexibility index (Phi) is 2.57. The van der Waals surface area contributed by atoms with Crippen molar-refractivity contribution in [1.29, 1.82) is 0 Å². The summed E-state index contributed by atoms with van der Waals surface area (Å²) in [6.07, 6.45) is 0. The van der Waals surface area contributed by atoms with Gasteiger partial charge in [-0.05, 0) is 18.2 Å². The van der Waals surface area contributed by atoms with Gasteiger partial charge in [0.05, 0.1) is 5.39 Å². The molecule has 1 N–H and O–H groups in total. The maximum absolute atomic E-state index is 5.32. The molecule has 2 aromatic rings. The molecule has 1 aromatic carbocycles. The molecular formula is C11H12BrN3O. The molecule has 0 atom stereocenters. The van der Waals surface area contributed by atoms with Crippen molar-refractivity contribution in [3.05, 3.63) is 22.7 Å². The lowest BCUT2D eigenvalue weighted by molar-refractivity contribution is 0.451. The first-order valence-electron chi connectivity index (χ1n) is 5.35. The van der Waals surface area contributed by atoms with Gasteiger partial charge in [-0.1, -0.05) is 21.1 Å². The van der Waals surface area contributed by atoms with Crippen molar-refractivity contribution >= 4 is 32.7 Å². The number of hydrogen-bond acceptors (Lipinski definition) is 4. The summed E-state index contributed by atoms with van der Waals surface area (Å²) < 4.78 is 6.38. The first-order valence-corrected chi connectivity index (χ1v) is 6.14. The van der Waals surface area contributed by atoms with E-state index in [1.807, 2.05) is 12.1 Å². The Morgan fingerprint density at radius 3 is 2.94 bits per heavy atom. The highest BCUT2D eigenvalue weighted by molar-refractivity contribution is 9.10. The third kappa shape index (κ3) is 1.70. The van der Waals surface area contributed by atoms with Crippen LogP contribution >= 0.6 is 15.9 Å². The standard InChI is InChI=1S/C11H12BrN3O/c12-8-1-2-10-9(7-8)11(14-16-10)15-5-3-13-4-6-15/h1-2,7,13H,3-6H2. The van der Waals surface area contributed by atoms with E-state index in [2.05, 4.69) is 37.4 Å². The molecule has 5 heteroatoms. The monoisotopic (exact) mass is 281 g/mol. The predicted molar refractivity (Wildman–Crippen MR) is 66.8 cm³/mol. The number of fused-ring (bicyclic) bond motifs is 1. The van der Waals surface area contributed by atoms with Crippen LogP contribution in [-0.4, -0.2) is 31.3 Å². The second-order valence-electron chi connectivity index (χ2n) is 3.88. The van der Waals surface area contributed by atoms with Crippen molar-refractivity contribution in [2.24, 2.45) is 0 Å². The fraction of sp³-hybridized carbons (Fsp3) is 0.364. The average Bonchev–Trinajstić information content (AvgIpc) is 2.73. The van der Waals surface area contributed by atoms with Gasteiger partial charge in [0.2, 0.25) is 0 Å². The van der Waals surface area contributed by atoms with Crippen LogP contribution in [0.25, 0.3) is 11.0 Å². The lowest BCUT2D eigenvalue weighted by Gasteiger charge is -2.26. The van der Waals surface area contributed by atoms with Gasteiger partial charge in [-0.3, -0.25) is 0 Å². The zero-order chi connectivity index (χ0) is 11.0. The minimum Gasteiger partial charge on any atom is -0.354 e. The Balaban J connectivity index is 2.05. The van der Waals surface area contributed by atoms with Crippen LogP contribution in [-0.2, 0) is 0 Å². The van der Waals surface area contributed by atoms with Crippen LogP contribution in [0.3, 0.4) is 0 Å². The molecule has 2 heterocycles. The summed E-state index contributed by atoms with van der Waals surface area (Å²) in [5, 5.41) is 8.57. The number of halogens is 1. The topological polar surface area (TPSA) is 41.3 Å². The number of aromatic nitrogens is 1. The third-order valence-electron chi connectivity index (χ3n) is 2.83. The highest BCUT2D eigenvalue weighted by Gasteiger charge is 2.17. The quantitative estimate of drug-likeness (QED) is 0.868. The van der Waals surface area contributed by atoms with Gasteiger partial charge in [-0.25, -0.2) is 0 Å². The van der Waals surface area contributed by atoms with Crippen molar-refractivity contribution in [2.45, 2.75) is 0 Å². The normalized spacial score (nSPS) is 16.9. The molecule has 1 fully saturated rings. The van der Waals surface area contributed by atoms with E-state index in [1.165, 1.54) is 0 Å². The van der Waals surface area contributed by atoms with Crippen molar-refractivity contribution in [3.8, 4) is 0 Å². The number of nitrogens with zero attached hydrogens (tertiary/aromatic N) is 2. The number of piperazine rings is 1. The molecule has 1 aromatic heterocycles. The number of nitrogens with one attached hydrogen (secondary N) is 1. The molecule has 0 bridgehead atoms. The van der Waals surface area contributed by atoms with E-state index in [-0.39, 0.29) is 0 Å². The number of rotatable bonds is 1. The Morgan fingerprint density at radius 1 is 1.31 bits per heavy atom. The van der Waals surface area contributed by atoms with Crippen LogP contribution in [0.5, 0.6) is 0 Å². The minimum absolute atomic E-state index is 0.844. The number of hydrogen-bond donors (Lipinski definition) is 1. The maximum atomic E-state index is 5.32. The fourth-order valence-corrected chi connectivity index (χ4v) is 2.36. The van der Waals surface area contributed by atoms with Gasteiger partial charge in [0.1, 0.15) is 0 Å². The zero-order valence-corrected chi connectivity index (χ0v) is 10.3. The van der Waals surface area contributed by atoms with Gasteiger partial charge in [0, 0.05) is 30.7 Å². The molecule has 0 radical (unpaired) electrons. The molecule has 1 aliphatic heterocycles. The van der Waals surface area contributed by atoms with Crippen molar-refractivity contribution in [2.75, 3.05) is 31.1 Å². The Labute approximate surface area is 102 Å². The molecule has 4 nitrogen and oxygen atoms in total. The van der Waals surface area contributed by atoms with E-state index in [9.17, 15) is 0 Å². The fourth-order valence-electron chi connectivity index (χ4n) is 2.00. The van der Waals surface area contributed by atoms with Gasteiger partial charge >= 0.3 is 0 Å². The van der Waals surface area contributed by atoms with Crippen molar-refractivity contribution < 1.29 is 4.52 Å². The Hall–Kier alpha value is -1.07. The summed E-state index contributed by atoms with van der Waals surface area (Å²) >= 11 is 3.47. The van der Waals surface area contributed by atoms with Crippen LogP contribution in [0.1, 0.15) is 0 Å². The first kappa shape index (κ1) is 10.1. The van der Waals surface area contributed by atoms with Crippen LogP contribution in [0.4, 0.5) is 5.82 Å². The van der Waals surface area contributed by atoms with Crippen LogP contribution < -0.4 is 10.2 Å². The number of benzene rings is 1. The van der Waals surface area contributed by atoms with E-state index in [4.69, 9.17) is 4.52 Å². The first-order chi connectivity index (χ1) is 7.84. The molecule has 0 unspecified atom stereocenters. The molecule has 16 heavy (non-hydrogen) atoms. The largest absolute Gasteiger partial charge is 0.354 e.